The van der Waals surface area contributed by atoms with Crippen LogP contribution < -0.4 is 19.7 Å². The molecule has 4 N–H and O–H groups in total. The molecule has 0 aromatic heterocycles. The van der Waals surface area contributed by atoms with E-state index in [0.29, 0.717) is 40.9 Å². The van der Waals surface area contributed by atoms with Gasteiger partial charge in [-0.25, -0.2) is 21.6 Å². The molecule has 1 aliphatic heterocycles. The third-order valence-electron chi connectivity index (χ3n) is 8.13. The van der Waals surface area contributed by atoms with Gasteiger partial charge in [-0.15, -0.1) is 0 Å². The summed E-state index contributed by atoms with van der Waals surface area (Å²) in [6, 6.07) is 10.9. The molecule has 1 amide bonds. The molecule has 2 saturated carbocycles. The minimum absolute atomic E-state index is 0.0360. The summed E-state index contributed by atoms with van der Waals surface area (Å²) < 4.78 is 55.6. The van der Waals surface area contributed by atoms with Crippen LogP contribution in [0.2, 0.25) is 0 Å². The van der Waals surface area contributed by atoms with Gasteiger partial charge in [0.2, 0.25) is 20.0 Å². The van der Waals surface area contributed by atoms with Crippen molar-refractivity contribution in [3.8, 4) is 0 Å². The molecule has 0 atom stereocenters. The highest BCUT2D eigenvalue weighted by Gasteiger charge is 2.54. The van der Waals surface area contributed by atoms with Crippen molar-refractivity contribution in [2.24, 2.45) is 5.41 Å². The molecule has 1 heterocycles. The number of nitrogens with zero attached hydrogens (tertiary/aromatic N) is 1. The third-order valence-corrected chi connectivity index (χ3v) is 12.1. The van der Waals surface area contributed by atoms with E-state index in [1.165, 1.54) is 25.0 Å². The van der Waals surface area contributed by atoms with Crippen molar-refractivity contribution in [3.05, 3.63) is 48.0 Å². The minimum Gasteiger partial charge on any atom is -0.395 e. The average molecular weight is 591 g/mol. The van der Waals surface area contributed by atoms with E-state index in [0.717, 1.165) is 25.9 Å². The third kappa shape index (κ3) is 6.00. The smallest absolute Gasteiger partial charge is 0.257 e. The predicted molar refractivity (Wildman–Crippen MR) is 156 cm³/mol. The number of piperidine rings is 1. The highest BCUT2D eigenvalue weighted by molar-refractivity contribution is 7.94. The van der Waals surface area contributed by atoms with Gasteiger partial charge in [-0.2, -0.15) is 0 Å². The number of nitrogens with one attached hydrogen (secondary N) is 3. The van der Waals surface area contributed by atoms with Crippen molar-refractivity contribution in [2.75, 3.05) is 34.6 Å². The number of carbonyl (C=O) groups is 1. The number of carbonyl (C=O) groups excluding carboxylic acids is 1. The second-order valence-corrected chi connectivity index (χ2v) is 16.3. The van der Waals surface area contributed by atoms with Gasteiger partial charge in [0.25, 0.3) is 5.91 Å². The van der Waals surface area contributed by atoms with Crippen LogP contribution in [0.15, 0.2) is 47.4 Å². The van der Waals surface area contributed by atoms with Crippen LogP contribution in [0.5, 0.6) is 0 Å². The molecular formula is C28H38N4O6S2. The molecule has 0 bridgehead atoms. The van der Waals surface area contributed by atoms with E-state index in [4.69, 9.17) is 0 Å². The lowest BCUT2D eigenvalue weighted by Gasteiger charge is -2.35. The van der Waals surface area contributed by atoms with Gasteiger partial charge in [0.05, 0.1) is 28.4 Å². The molecule has 10 nitrogen and oxygen atoms in total. The van der Waals surface area contributed by atoms with Gasteiger partial charge in [0.1, 0.15) is 4.75 Å². The highest BCUT2D eigenvalue weighted by Crippen LogP contribution is 2.54. The van der Waals surface area contributed by atoms with Crippen LogP contribution in [-0.2, 0) is 20.0 Å². The molecular weight excluding hydrogens is 552 g/mol. The molecule has 218 valence electrons. The quantitative estimate of drug-likeness (QED) is 0.349. The van der Waals surface area contributed by atoms with E-state index in [1.807, 2.05) is 0 Å². The lowest BCUT2D eigenvalue weighted by Crippen LogP contribution is -2.40. The molecule has 2 aromatic carbocycles. The van der Waals surface area contributed by atoms with Crippen molar-refractivity contribution >= 4 is 43.0 Å². The number of hydrogen-bond donors (Lipinski definition) is 4. The molecule has 3 aliphatic rings. The van der Waals surface area contributed by atoms with Crippen LogP contribution in [0.1, 0.15) is 69.7 Å². The largest absolute Gasteiger partial charge is 0.395 e. The molecule has 40 heavy (non-hydrogen) atoms. The van der Waals surface area contributed by atoms with Crippen LogP contribution in [0.25, 0.3) is 0 Å². The van der Waals surface area contributed by atoms with Crippen molar-refractivity contribution in [3.63, 3.8) is 0 Å². The Kier molecular flexibility index (Phi) is 7.21. The molecule has 0 unspecified atom stereocenters. The fourth-order valence-corrected chi connectivity index (χ4v) is 8.19. The first-order chi connectivity index (χ1) is 18.7. The summed E-state index contributed by atoms with van der Waals surface area (Å²) in [5.74, 6) is -0.427. The second-order valence-electron chi connectivity index (χ2n) is 12.5. The summed E-state index contributed by atoms with van der Waals surface area (Å²) in [4.78, 5) is 15.7. The Hall–Kier alpha value is -2.67. The molecule has 5 rings (SSSR count). The normalized spacial score (nSPS) is 19.8. The van der Waals surface area contributed by atoms with Gasteiger partial charge >= 0.3 is 0 Å². The zero-order valence-electron chi connectivity index (χ0n) is 23.2. The lowest BCUT2D eigenvalue weighted by atomic mass is 9.93. The molecule has 2 aromatic rings. The van der Waals surface area contributed by atoms with Gasteiger partial charge in [-0.3, -0.25) is 9.52 Å². The van der Waals surface area contributed by atoms with Crippen molar-refractivity contribution in [1.29, 1.82) is 0 Å². The molecule has 2 aliphatic carbocycles. The first-order valence-corrected chi connectivity index (χ1v) is 16.6. The van der Waals surface area contributed by atoms with Gasteiger partial charge < -0.3 is 15.3 Å². The molecule has 1 saturated heterocycles. The summed E-state index contributed by atoms with van der Waals surface area (Å²) in [6.07, 6.45) is 5.28. The van der Waals surface area contributed by atoms with Gasteiger partial charge in [-0.1, -0.05) is 6.07 Å². The Morgan fingerprint density at radius 3 is 2.17 bits per heavy atom. The average Bonchev–Trinajstić information content (AvgIpc) is 3.80. The maximum atomic E-state index is 13.5. The SMILES string of the molecule is CC(C)(C)NS(=O)(=O)c1cccc(NC(=O)c2ccc(NS(=O)(=O)C3(CO)CC3)cc2N2CCC3(CC2)CC3)c1. The van der Waals surface area contributed by atoms with E-state index in [-0.39, 0.29) is 4.90 Å². The molecule has 1 spiro atoms. The Labute approximate surface area is 236 Å². The van der Waals surface area contributed by atoms with Crippen LogP contribution in [0.4, 0.5) is 17.1 Å². The van der Waals surface area contributed by atoms with Crippen LogP contribution in [0.3, 0.4) is 0 Å². The first kappa shape index (κ1) is 28.8. The summed E-state index contributed by atoms with van der Waals surface area (Å²) in [5.41, 5.74) is 1.37. The standard InChI is InChI=1S/C28H38N4O6S2/c1-26(2,3)31-39(35,36)22-6-4-5-20(17-22)29-25(34)23-8-7-21(30-40(37,38)28(19-33)11-12-28)18-24(23)32-15-13-27(9-10-27)14-16-32/h4-8,17-18,30-31,33H,9-16,19H2,1-3H3,(H,29,34). The van der Waals surface area contributed by atoms with Crippen LogP contribution >= 0.6 is 0 Å². The number of aliphatic hydroxyl groups excluding tert-OH is 1. The van der Waals surface area contributed by atoms with Crippen LogP contribution in [0, 0.1) is 5.41 Å². The van der Waals surface area contributed by atoms with Gasteiger partial charge in [-0.05, 0) is 101 Å². The topological polar surface area (TPSA) is 145 Å². The summed E-state index contributed by atoms with van der Waals surface area (Å²) in [7, 11) is -7.60. The maximum absolute atomic E-state index is 13.5. The van der Waals surface area contributed by atoms with E-state index in [2.05, 4.69) is 19.7 Å². The van der Waals surface area contributed by atoms with Crippen molar-refractivity contribution in [2.45, 2.75) is 74.5 Å². The van der Waals surface area contributed by atoms with E-state index in [1.54, 1.807) is 51.1 Å². The fourth-order valence-electron chi connectivity index (χ4n) is 5.26. The second kappa shape index (κ2) is 10.0. The van der Waals surface area contributed by atoms with Crippen LogP contribution in [-0.4, -0.2) is 57.8 Å². The zero-order chi connectivity index (χ0) is 29.0. The number of anilines is 3. The number of amides is 1. The Bertz CT molecular complexity index is 1510. The summed E-state index contributed by atoms with van der Waals surface area (Å²) in [5, 5.41) is 12.5. The Morgan fingerprint density at radius 2 is 1.60 bits per heavy atom. The number of sulfonamides is 2. The number of aliphatic hydroxyl groups is 1. The molecule has 12 heteroatoms. The highest BCUT2D eigenvalue weighted by atomic mass is 32.2. The Morgan fingerprint density at radius 1 is 0.925 bits per heavy atom. The van der Waals surface area contributed by atoms with E-state index in [9.17, 15) is 26.7 Å². The zero-order valence-corrected chi connectivity index (χ0v) is 24.8. The Balaban J connectivity index is 1.42. The number of hydrogen-bond acceptors (Lipinski definition) is 7. The first-order valence-electron chi connectivity index (χ1n) is 13.6. The summed E-state index contributed by atoms with van der Waals surface area (Å²) in [6.45, 7) is 6.32. The number of benzene rings is 2. The van der Waals surface area contributed by atoms with E-state index < -0.39 is 42.8 Å². The number of rotatable bonds is 9. The van der Waals surface area contributed by atoms with Crippen molar-refractivity contribution < 1.29 is 26.7 Å². The lowest BCUT2D eigenvalue weighted by molar-refractivity contribution is 0.102. The fraction of sp³-hybridized carbons (Fsp3) is 0.536. The van der Waals surface area contributed by atoms with Gasteiger partial charge in [0, 0.05) is 24.3 Å². The van der Waals surface area contributed by atoms with Crippen molar-refractivity contribution in [1.82, 2.24) is 4.72 Å². The van der Waals surface area contributed by atoms with E-state index >= 15 is 0 Å². The molecule has 3 fully saturated rings. The summed E-state index contributed by atoms with van der Waals surface area (Å²) >= 11 is 0. The monoisotopic (exact) mass is 590 g/mol. The minimum atomic E-state index is -3.80. The predicted octanol–water partition coefficient (Wildman–Crippen LogP) is 3.66. The van der Waals surface area contributed by atoms with Gasteiger partial charge in [0.15, 0.2) is 0 Å². The molecule has 0 radical (unpaired) electrons. The maximum Gasteiger partial charge on any atom is 0.257 e.